The quantitative estimate of drug-likeness (QED) is 0.173. The molecule has 0 aliphatic heterocycles. The molecule has 0 aromatic carbocycles. The monoisotopic (exact) mass is 367 g/mol. The van der Waals surface area contributed by atoms with E-state index in [9.17, 15) is 0 Å². The van der Waals surface area contributed by atoms with Crippen LogP contribution in [0.1, 0.15) is 143 Å². The molecule has 0 atom stereocenters. The highest BCUT2D eigenvalue weighted by molar-refractivity contribution is 4.60. The van der Waals surface area contributed by atoms with Gasteiger partial charge in [-0.2, -0.15) is 0 Å². The van der Waals surface area contributed by atoms with Crippen molar-refractivity contribution in [1.29, 1.82) is 0 Å². The van der Waals surface area contributed by atoms with Crippen molar-refractivity contribution in [1.82, 2.24) is 4.90 Å². The second kappa shape index (κ2) is 23.0. The highest BCUT2D eigenvalue weighted by Crippen LogP contribution is 2.12. The van der Waals surface area contributed by atoms with E-state index in [1.165, 1.54) is 142 Å². The lowest BCUT2D eigenvalue weighted by molar-refractivity contribution is 0.254. The van der Waals surface area contributed by atoms with Crippen LogP contribution in [0.2, 0.25) is 0 Å². The van der Waals surface area contributed by atoms with Gasteiger partial charge >= 0.3 is 0 Å². The van der Waals surface area contributed by atoms with Crippen LogP contribution in [0.15, 0.2) is 0 Å². The van der Waals surface area contributed by atoms with Gasteiger partial charge in [-0.15, -0.1) is 0 Å². The fourth-order valence-electron chi connectivity index (χ4n) is 3.86. The molecule has 0 aliphatic rings. The van der Waals surface area contributed by atoms with Gasteiger partial charge in [0.15, 0.2) is 0 Å². The second-order valence-corrected chi connectivity index (χ2v) is 8.50. The number of hydrogen-bond donors (Lipinski definition) is 0. The van der Waals surface area contributed by atoms with Gasteiger partial charge in [0.2, 0.25) is 0 Å². The zero-order valence-electron chi connectivity index (χ0n) is 19.0. The highest BCUT2D eigenvalue weighted by Gasteiger charge is 2.04. The maximum absolute atomic E-state index is 2.79. The summed E-state index contributed by atoms with van der Waals surface area (Å²) in [5.41, 5.74) is 0. The zero-order chi connectivity index (χ0) is 19.1. The Morgan fingerprint density at radius 3 is 0.808 bits per heavy atom. The van der Waals surface area contributed by atoms with E-state index in [1.54, 1.807) is 0 Å². The SMILES string of the molecule is CCCCCCCCCCCN(CCCCCCC)CCCCCCC. The van der Waals surface area contributed by atoms with Crippen molar-refractivity contribution in [3.05, 3.63) is 0 Å². The van der Waals surface area contributed by atoms with Crippen molar-refractivity contribution >= 4 is 0 Å². The molecular formula is C25H53N. The molecule has 0 aromatic rings. The third kappa shape index (κ3) is 20.3. The predicted molar refractivity (Wildman–Crippen MR) is 121 cm³/mol. The van der Waals surface area contributed by atoms with Crippen LogP contribution in [0.4, 0.5) is 0 Å². The van der Waals surface area contributed by atoms with Crippen molar-refractivity contribution in [2.75, 3.05) is 19.6 Å². The Balaban J connectivity index is 3.70. The van der Waals surface area contributed by atoms with Crippen LogP contribution in [-0.2, 0) is 0 Å². The topological polar surface area (TPSA) is 3.24 Å². The lowest BCUT2D eigenvalue weighted by Gasteiger charge is -2.22. The Hall–Kier alpha value is -0.0400. The van der Waals surface area contributed by atoms with Gasteiger partial charge in [0.05, 0.1) is 0 Å². The first kappa shape index (κ1) is 26.0. The molecule has 0 bridgehead atoms. The standard InChI is InChI=1S/C25H53N/c1-4-7-10-13-14-15-16-19-22-25-26(23-20-17-11-8-5-2)24-21-18-12-9-6-3/h4-25H2,1-3H3. The summed E-state index contributed by atoms with van der Waals surface area (Å²) >= 11 is 0. The van der Waals surface area contributed by atoms with E-state index in [2.05, 4.69) is 25.7 Å². The molecule has 0 saturated heterocycles. The normalized spacial score (nSPS) is 11.5. The average molecular weight is 368 g/mol. The van der Waals surface area contributed by atoms with E-state index >= 15 is 0 Å². The predicted octanol–water partition coefficient (Wildman–Crippen LogP) is 8.76. The maximum atomic E-state index is 2.79. The molecule has 0 spiro atoms. The molecular weight excluding hydrogens is 314 g/mol. The first-order valence-corrected chi connectivity index (χ1v) is 12.6. The molecule has 0 radical (unpaired) electrons. The minimum atomic E-state index is 1.36. The number of rotatable bonds is 22. The molecule has 0 fully saturated rings. The van der Waals surface area contributed by atoms with E-state index in [4.69, 9.17) is 0 Å². The summed E-state index contributed by atoms with van der Waals surface area (Å²) in [5.74, 6) is 0. The Kier molecular flexibility index (Phi) is 23.0. The smallest absolute Gasteiger partial charge is 0.00187 e. The van der Waals surface area contributed by atoms with Crippen LogP contribution < -0.4 is 0 Å². The lowest BCUT2D eigenvalue weighted by atomic mass is 10.1. The Bertz CT molecular complexity index is 224. The summed E-state index contributed by atoms with van der Waals surface area (Å²) in [7, 11) is 0. The van der Waals surface area contributed by atoms with E-state index in [-0.39, 0.29) is 0 Å². The Morgan fingerprint density at radius 1 is 0.308 bits per heavy atom. The third-order valence-electron chi connectivity index (χ3n) is 5.73. The van der Waals surface area contributed by atoms with Crippen LogP contribution in [0.25, 0.3) is 0 Å². The molecule has 0 saturated carbocycles. The minimum Gasteiger partial charge on any atom is -0.303 e. The first-order valence-electron chi connectivity index (χ1n) is 12.6. The van der Waals surface area contributed by atoms with E-state index in [0.29, 0.717) is 0 Å². The summed E-state index contributed by atoms with van der Waals surface area (Å²) in [6, 6.07) is 0. The molecule has 0 aromatic heterocycles. The van der Waals surface area contributed by atoms with E-state index in [0.717, 1.165) is 0 Å². The molecule has 0 heterocycles. The molecule has 26 heavy (non-hydrogen) atoms. The average Bonchev–Trinajstić information content (AvgIpc) is 2.65. The number of nitrogens with zero attached hydrogens (tertiary/aromatic N) is 1. The van der Waals surface area contributed by atoms with Gasteiger partial charge in [-0.25, -0.2) is 0 Å². The number of hydrogen-bond acceptors (Lipinski definition) is 1. The molecule has 0 aliphatic carbocycles. The van der Waals surface area contributed by atoms with Gasteiger partial charge in [0.1, 0.15) is 0 Å². The Labute approximate surface area is 167 Å². The summed E-state index contributed by atoms with van der Waals surface area (Å²) in [5, 5.41) is 0. The van der Waals surface area contributed by atoms with Crippen molar-refractivity contribution in [3.8, 4) is 0 Å². The van der Waals surface area contributed by atoms with Crippen LogP contribution in [0, 0.1) is 0 Å². The van der Waals surface area contributed by atoms with E-state index in [1.807, 2.05) is 0 Å². The van der Waals surface area contributed by atoms with Gasteiger partial charge < -0.3 is 4.90 Å². The minimum absolute atomic E-state index is 1.36. The fraction of sp³-hybridized carbons (Fsp3) is 1.00. The second-order valence-electron chi connectivity index (χ2n) is 8.50. The maximum Gasteiger partial charge on any atom is -0.00187 e. The van der Waals surface area contributed by atoms with Crippen LogP contribution in [-0.4, -0.2) is 24.5 Å². The number of unbranched alkanes of at least 4 members (excludes halogenated alkanes) is 16. The summed E-state index contributed by atoms with van der Waals surface area (Å²) in [4.78, 5) is 2.79. The largest absolute Gasteiger partial charge is 0.303 e. The fourth-order valence-corrected chi connectivity index (χ4v) is 3.86. The zero-order valence-corrected chi connectivity index (χ0v) is 19.0. The van der Waals surface area contributed by atoms with E-state index < -0.39 is 0 Å². The molecule has 0 rings (SSSR count). The van der Waals surface area contributed by atoms with Crippen LogP contribution in [0.3, 0.4) is 0 Å². The molecule has 0 amide bonds. The summed E-state index contributed by atoms with van der Waals surface area (Å²) in [6.07, 6.45) is 27.2. The van der Waals surface area contributed by atoms with Gasteiger partial charge in [-0.05, 0) is 38.9 Å². The van der Waals surface area contributed by atoms with Crippen molar-refractivity contribution in [3.63, 3.8) is 0 Å². The molecule has 158 valence electrons. The molecule has 1 nitrogen and oxygen atoms in total. The summed E-state index contributed by atoms with van der Waals surface area (Å²) < 4.78 is 0. The van der Waals surface area contributed by atoms with Gasteiger partial charge in [-0.3, -0.25) is 0 Å². The lowest BCUT2D eigenvalue weighted by Crippen LogP contribution is -2.27. The van der Waals surface area contributed by atoms with Crippen molar-refractivity contribution < 1.29 is 0 Å². The van der Waals surface area contributed by atoms with Crippen LogP contribution in [0.5, 0.6) is 0 Å². The van der Waals surface area contributed by atoms with Crippen molar-refractivity contribution in [2.45, 2.75) is 143 Å². The molecule has 1 heteroatoms. The van der Waals surface area contributed by atoms with Crippen LogP contribution >= 0.6 is 0 Å². The summed E-state index contributed by atoms with van der Waals surface area (Å²) in [6.45, 7) is 11.0. The van der Waals surface area contributed by atoms with Gasteiger partial charge in [-0.1, -0.05) is 124 Å². The molecule has 0 unspecified atom stereocenters. The van der Waals surface area contributed by atoms with Gasteiger partial charge in [0, 0.05) is 0 Å². The highest BCUT2D eigenvalue weighted by atomic mass is 15.1. The molecule has 0 N–H and O–H groups in total. The Morgan fingerprint density at radius 2 is 0.538 bits per heavy atom. The van der Waals surface area contributed by atoms with Gasteiger partial charge in [0.25, 0.3) is 0 Å². The van der Waals surface area contributed by atoms with Crippen molar-refractivity contribution in [2.24, 2.45) is 0 Å². The first-order chi connectivity index (χ1) is 12.8. The third-order valence-corrected chi connectivity index (χ3v) is 5.73.